The molecule has 0 saturated heterocycles. The second-order valence-corrected chi connectivity index (χ2v) is 12.4. The molecule has 0 spiro atoms. The number of thiazole rings is 1. The van der Waals surface area contributed by atoms with Gasteiger partial charge in [-0.3, -0.25) is 0 Å². The molecule has 1 aliphatic rings. The molecule has 1 aliphatic carbocycles. The number of aryl methyl sites for hydroxylation is 1. The summed E-state index contributed by atoms with van der Waals surface area (Å²) in [5, 5.41) is 15.2. The van der Waals surface area contributed by atoms with Crippen LogP contribution in [0.15, 0.2) is 41.4 Å². The number of nitrogens with one attached hydrogen (secondary N) is 3. The lowest BCUT2D eigenvalue weighted by atomic mass is 9.86. The third-order valence-electron chi connectivity index (χ3n) is 6.21. The van der Waals surface area contributed by atoms with E-state index in [2.05, 4.69) is 30.5 Å². The predicted molar refractivity (Wildman–Crippen MR) is 148 cm³/mol. The molecule has 2 aromatic heterocycles. The van der Waals surface area contributed by atoms with Gasteiger partial charge in [0, 0.05) is 36.0 Å². The van der Waals surface area contributed by atoms with E-state index in [1.807, 2.05) is 32.9 Å². The minimum Gasteiger partial charge on any atom is -0.447 e. The molecule has 3 N–H and O–H groups in total. The van der Waals surface area contributed by atoms with Gasteiger partial charge in [0.2, 0.25) is 10.0 Å². The average molecular weight is 559 g/mol. The van der Waals surface area contributed by atoms with Crippen LogP contribution in [0.5, 0.6) is 0 Å². The highest BCUT2D eigenvalue weighted by molar-refractivity contribution is 7.89. The number of ether oxygens (including phenoxy) is 1. The van der Waals surface area contributed by atoms with E-state index < -0.39 is 10.0 Å². The van der Waals surface area contributed by atoms with E-state index in [-0.39, 0.29) is 35.6 Å². The zero-order valence-electron chi connectivity index (χ0n) is 22.0. The lowest BCUT2D eigenvalue weighted by molar-refractivity contribution is 0.109. The van der Waals surface area contributed by atoms with Crippen molar-refractivity contribution in [1.82, 2.24) is 25.2 Å². The maximum absolute atomic E-state index is 13.1. The number of carbonyl (C=O) groups is 1. The number of rotatable bonds is 9. The second-order valence-electron chi connectivity index (χ2n) is 9.61. The molecule has 0 radical (unpaired) electrons. The van der Waals surface area contributed by atoms with Crippen LogP contribution < -0.4 is 15.4 Å². The van der Waals surface area contributed by atoms with Crippen molar-refractivity contribution in [2.45, 2.75) is 76.3 Å². The first-order valence-electron chi connectivity index (χ1n) is 12.8. The Hall–Kier alpha value is -3.09. The normalized spacial score (nSPS) is 17.8. The van der Waals surface area contributed by atoms with Crippen molar-refractivity contribution in [3.05, 3.63) is 47.2 Å². The van der Waals surface area contributed by atoms with Crippen LogP contribution in [0, 0.1) is 6.92 Å². The maximum atomic E-state index is 13.1. The van der Waals surface area contributed by atoms with Crippen LogP contribution >= 0.6 is 11.3 Å². The van der Waals surface area contributed by atoms with Crippen LogP contribution in [0.1, 0.15) is 63.1 Å². The fourth-order valence-electron chi connectivity index (χ4n) is 4.41. The van der Waals surface area contributed by atoms with E-state index in [9.17, 15) is 13.2 Å². The largest absolute Gasteiger partial charge is 0.447 e. The van der Waals surface area contributed by atoms with Crippen molar-refractivity contribution < 1.29 is 17.9 Å². The summed E-state index contributed by atoms with van der Waals surface area (Å²) in [5.74, 6) is 0.792. The molecule has 10 nitrogen and oxygen atoms in total. The number of hydrogen-bond acceptors (Lipinski definition) is 9. The van der Waals surface area contributed by atoms with Crippen LogP contribution in [0.25, 0.3) is 10.4 Å². The van der Waals surface area contributed by atoms with Crippen molar-refractivity contribution in [3.8, 4) is 10.4 Å². The van der Waals surface area contributed by atoms with Gasteiger partial charge in [-0.1, -0.05) is 13.0 Å². The molecule has 2 heterocycles. The Balaban J connectivity index is 1.52. The minimum absolute atomic E-state index is 0.0899. The summed E-state index contributed by atoms with van der Waals surface area (Å²) in [6, 6.07) is 8.95. The zero-order chi connectivity index (χ0) is 27.3. The highest BCUT2D eigenvalue weighted by Gasteiger charge is 2.27. The number of aromatic nitrogens is 3. The lowest BCUT2D eigenvalue weighted by Gasteiger charge is -2.28. The summed E-state index contributed by atoms with van der Waals surface area (Å²) >= 11 is 1.52. The summed E-state index contributed by atoms with van der Waals surface area (Å²) < 4.78 is 34.1. The standard InChI is InChI=1S/C26H34N6O4S2/c1-5-28-38(34,35)23-14-20(29-24-13-6-17(4)31-32-24)11-12-21(23)22-15-27-25(37-22)18-7-9-19(10-8-18)30-26(33)36-16(2)3/h6,11-16,18-19,28H,5,7-10H2,1-4H3,(H,29,32)(H,30,33)/t18-,19-. The molecule has 38 heavy (non-hydrogen) atoms. The Labute approximate surface area is 227 Å². The number of nitrogens with zero attached hydrogens (tertiary/aromatic N) is 3. The van der Waals surface area contributed by atoms with E-state index in [0.717, 1.165) is 41.3 Å². The van der Waals surface area contributed by atoms with Crippen molar-refractivity contribution in [3.63, 3.8) is 0 Å². The Morgan fingerprint density at radius 2 is 1.89 bits per heavy atom. The Morgan fingerprint density at radius 3 is 2.55 bits per heavy atom. The van der Waals surface area contributed by atoms with Crippen molar-refractivity contribution >= 4 is 39.0 Å². The number of hydrogen-bond donors (Lipinski definition) is 3. The SMILES string of the molecule is CCNS(=O)(=O)c1cc(Nc2ccc(C)nn2)ccc1-c1cnc([C@H]2CC[C@H](NC(=O)OC(C)C)CC2)s1. The topological polar surface area (TPSA) is 135 Å². The van der Waals surface area contributed by atoms with Crippen LogP contribution in [-0.2, 0) is 14.8 Å². The Kier molecular flexibility index (Phi) is 8.95. The molecule has 1 amide bonds. The number of benzene rings is 1. The number of amides is 1. The second kappa shape index (κ2) is 12.2. The fraction of sp³-hybridized carbons (Fsp3) is 0.462. The number of carbonyl (C=O) groups excluding carboxylic acids is 1. The minimum atomic E-state index is -3.75. The van der Waals surface area contributed by atoms with E-state index in [1.165, 1.54) is 11.3 Å². The summed E-state index contributed by atoms with van der Waals surface area (Å²) in [4.78, 5) is 17.6. The molecule has 1 saturated carbocycles. The zero-order valence-corrected chi connectivity index (χ0v) is 23.7. The van der Waals surface area contributed by atoms with Crippen molar-refractivity contribution in [2.75, 3.05) is 11.9 Å². The summed E-state index contributed by atoms with van der Waals surface area (Å²) in [5.41, 5.74) is 1.98. The van der Waals surface area contributed by atoms with Gasteiger partial charge in [0.15, 0.2) is 5.82 Å². The van der Waals surface area contributed by atoms with E-state index >= 15 is 0 Å². The molecule has 4 rings (SSSR count). The number of sulfonamides is 1. The molecule has 0 aliphatic heterocycles. The Morgan fingerprint density at radius 1 is 1.13 bits per heavy atom. The van der Waals surface area contributed by atoms with Gasteiger partial charge in [-0.15, -0.1) is 16.4 Å². The van der Waals surface area contributed by atoms with Gasteiger partial charge in [-0.05, 0) is 70.7 Å². The maximum Gasteiger partial charge on any atom is 0.407 e. The molecule has 12 heteroatoms. The smallest absolute Gasteiger partial charge is 0.407 e. The van der Waals surface area contributed by atoms with E-state index in [0.29, 0.717) is 17.1 Å². The van der Waals surface area contributed by atoms with Gasteiger partial charge in [-0.25, -0.2) is 22.9 Å². The van der Waals surface area contributed by atoms with Crippen LogP contribution in [0.4, 0.5) is 16.3 Å². The first-order valence-corrected chi connectivity index (χ1v) is 15.1. The van der Waals surface area contributed by atoms with Crippen molar-refractivity contribution in [2.24, 2.45) is 0 Å². The van der Waals surface area contributed by atoms with Gasteiger partial charge in [0.1, 0.15) is 0 Å². The first-order chi connectivity index (χ1) is 18.1. The van der Waals surface area contributed by atoms with E-state index in [4.69, 9.17) is 4.74 Å². The highest BCUT2D eigenvalue weighted by Crippen LogP contribution is 2.40. The molecule has 1 fully saturated rings. The molecular formula is C26H34N6O4S2. The van der Waals surface area contributed by atoms with Gasteiger partial charge in [0.05, 0.1) is 26.6 Å². The van der Waals surface area contributed by atoms with Crippen LogP contribution in [0.3, 0.4) is 0 Å². The van der Waals surface area contributed by atoms with Crippen molar-refractivity contribution in [1.29, 1.82) is 0 Å². The van der Waals surface area contributed by atoms with Gasteiger partial charge < -0.3 is 15.4 Å². The van der Waals surface area contributed by atoms with Crippen LogP contribution in [-0.4, -0.2) is 48.4 Å². The Bertz CT molecular complexity index is 1350. The lowest BCUT2D eigenvalue weighted by Crippen LogP contribution is -2.38. The molecule has 0 atom stereocenters. The summed E-state index contributed by atoms with van der Waals surface area (Å²) in [7, 11) is -3.75. The van der Waals surface area contributed by atoms with E-state index in [1.54, 1.807) is 31.3 Å². The molecule has 0 bridgehead atoms. The fourth-order valence-corrected chi connectivity index (χ4v) is 6.88. The van der Waals surface area contributed by atoms with Gasteiger partial charge in [-0.2, -0.15) is 5.10 Å². The molecule has 1 aromatic carbocycles. The third-order valence-corrected chi connectivity index (χ3v) is 8.98. The van der Waals surface area contributed by atoms with Gasteiger partial charge >= 0.3 is 6.09 Å². The third kappa shape index (κ3) is 7.06. The monoisotopic (exact) mass is 558 g/mol. The summed E-state index contributed by atoms with van der Waals surface area (Å²) in [6.45, 7) is 7.53. The number of anilines is 2. The number of alkyl carbamates (subject to hydrolysis) is 1. The molecule has 3 aromatic rings. The highest BCUT2D eigenvalue weighted by atomic mass is 32.2. The average Bonchev–Trinajstić information content (AvgIpc) is 3.35. The quantitative estimate of drug-likeness (QED) is 0.330. The summed E-state index contributed by atoms with van der Waals surface area (Å²) in [6.07, 6.45) is 4.70. The first kappa shape index (κ1) is 27.9. The predicted octanol–water partition coefficient (Wildman–Crippen LogP) is 5.11. The van der Waals surface area contributed by atoms with Gasteiger partial charge in [0.25, 0.3) is 0 Å². The molecule has 204 valence electrons. The molecular weight excluding hydrogens is 524 g/mol. The van der Waals surface area contributed by atoms with Crippen LogP contribution in [0.2, 0.25) is 0 Å². The molecule has 0 unspecified atom stereocenters.